The topological polar surface area (TPSA) is 35.6 Å². The van der Waals surface area contributed by atoms with E-state index in [4.69, 9.17) is 0 Å². The van der Waals surface area contributed by atoms with Gasteiger partial charge in [0.2, 0.25) is 5.91 Å². The minimum absolute atomic E-state index is 0.212. The molecule has 0 atom stereocenters. The summed E-state index contributed by atoms with van der Waals surface area (Å²) in [5.41, 5.74) is 1.17. The van der Waals surface area contributed by atoms with Crippen molar-refractivity contribution in [1.82, 2.24) is 9.80 Å². The second-order valence-corrected chi connectivity index (χ2v) is 5.86. The van der Waals surface area contributed by atoms with Gasteiger partial charge in [-0.1, -0.05) is 6.07 Å². The summed E-state index contributed by atoms with van der Waals surface area (Å²) < 4.78 is 14.0. The van der Waals surface area contributed by atoms with Gasteiger partial charge >= 0.3 is 0 Å². The average Bonchev–Trinajstić information content (AvgIpc) is 2.45. The molecule has 0 aromatic heterocycles. The number of benzene rings is 1. The number of hydrogen-bond donors (Lipinski definition) is 2. The first kappa shape index (κ1) is 16.3. The lowest BCUT2D eigenvalue weighted by atomic mass is 10.1. The molecule has 1 N–H and O–H groups in total. The number of anilines is 1. The lowest BCUT2D eigenvalue weighted by Crippen LogP contribution is -2.43. The molecule has 1 aliphatic rings. The first-order valence-electron chi connectivity index (χ1n) is 7.18. The summed E-state index contributed by atoms with van der Waals surface area (Å²) in [4.78, 5) is 16.1. The fourth-order valence-corrected chi connectivity index (χ4v) is 2.54. The number of nitrogens with one attached hydrogen (secondary N) is 1. The van der Waals surface area contributed by atoms with Crippen molar-refractivity contribution in [2.75, 3.05) is 44.3 Å². The van der Waals surface area contributed by atoms with Crippen LogP contribution in [0, 0.1) is 5.82 Å². The summed E-state index contributed by atoms with van der Waals surface area (Å²) >= 11 is 3.99. The van der Waals surface area contributed by atoms with E-state index in [1.165, 1.54) is 6.07 Å². The van der Waals surface area contributed by atoms with Gasteiger partial charge in [0, 0.05) is 39.1 Å². The van der Waals surface area contributed by atoms with Crippen LogP contribution in [0.2, 0.25) is 0 Å². The van der Waals surface area contributed by atoms with Gasteiger partial charge in [-0.05, 0) is 30.5 Å². The van der Waals surface area contributed by atoms with Crippen molar-refractivity contribution in [2.24, 2.45) is 0 Å². The van der Waals surface area contributed by atoms with Crippen LogP contribution in [0.25, 0.3) is 0 Å². The predicted molar refractivity (Wildman–Crippen MR) is 86.3 cm³/mol. The molecule has 0 unspecified atom stereocenters. The number of likely N-dealkylation sites (N-methyl/N-ethyl adjacent to an activating group) is 1. The molecule has 1 aliphatic heterocycles. The quantitative estimate of drug-likeness (QED) is 0.815. The zero-order chi connectivity index (χ0) is 15.2. The molecule has 21 heavy (non-hydrogen) atoms. The number of thiol groups is 1. The van der Waals surface area contributed by atoms with Crippen LogP contribution in [0.3, 0.4) is 0 Å². The maximum absolute atomic E-state index is 14.0. The van der Waals surface area contributed by atoms with Gasteiger partial charge in [0.15, 0.2) is 0 Å². The van der Waals surface area contributed by atoms with Crippen LogP contribution in [0.15, 0.2) is 18.2 Å². The van der Waals surface area contributed by atoms with Crippen LogP contribution in [-0.4, -0.2) is 54.7 Å². The highest BCUT2D eigenvalue weighted by Gasteiger charge is 2.15. The van der Waals surface area contributed by atoms with Gasteiger partial charge in [-0.2, -0.15) is 12.6 Å². The van der Waals surface area contributed by atoms with Crippen LogP contribution in [0.4, 0.5) is 10.1 Å². The highest BCUT2D eigenvalue weighted by molar-refractivity contribution is 7.80. The standard InChI is InChI=1S/C15H22FN3OS/c1-18-5-7-19(8-6-18)11-12-2-3-14(13(16)10-12)17-15(20)4-9-21/h2-3,10,21H,4-9,11H2,1H3,(H,17,20). The third kappa shape index (κ3) is 4.98. The second-order valence-electron chi connectivity index (χ2n) is 5.42. The number of amides is 1. The van der Waals surface area contributed by atoms with Crippen molar-refractivity contribution in [2.45, 2.75) is 13.0 Å². The van der Waals surface area contributed by atoms with Gasteiger partial charge < -0.3 is 10.2 Å². The van der Waals surface area contributed by atoms with Crippen LogP contribution in [0.5, 0.6) is 0 Å². The number of carbonyl (C=O) groups excluding carboxylic acids is 1. The van der Waals surface area contributed by atoms with E-state index in [0.29, 0.717) is 5.75 Å². The molecule has 1 amide bonds. The molecular formula is C15H22FN3OS. The van der Waals surface area contributed by atoms with E-state index in [0.717, 1.165) is 38.3 Å². The molecular weight excluding hydrogens is 289 g/mol. The van der Waals surface area contributed by atoms with E-state index < -0.39 is 0 Å². The minimum Gasteiger partial charge on any atom is -0.324 e. The Kier molecular flexibility index (Phi) is 6.02. The first-order valence-corrected chi connectivity index (χ1v) is 7.82. The van der Waals surface area contributed by atoms with Gasteiger partial charge in [0.25, 0.3) is 0 Å². The molecule has 0 radical (unpaired) electrons. The van der Waals surface area contributed by atoms with Gasteiger partial charge in [0.05, 0.1) is 5.69 Å². The summed E-state index contributed by atoms with van der Waals surface area (Å²) in [6, 6.07) is 5.02. The Morgan fingerprint density at radius 3 is 2.67 bits per heavy atom. The minimum atomic E-state index is -0.380. The van der Waals surface area contributed by atoms with E-state index in [-0.39, 0.29) is 23.8 Å². The fourth-order valence-electron chi connectivity index (χ4n) is 2.34. The maximum Gasteiger partial charge on any atom is 0.225 e. The van der Waals surface area contributed by atoms with Crippen molar-refractivity contribution in [3.05, 3.63) is 29.6 Å². The highest BCUT2D eigenvalue weighted by Crippen LogP contribution is 2.18. The Hall–Kier alpha value is -1.11. The van der Waals surface area contributed by atoms with Crippen molar-refractivity contribution in [3.63, 3.8) is 0 Å². The van der Waals surface area contributed by atoms with Crippen LogP contribution < -0.4 is 5.32 Å². The van der Waals surface area contributed by atoms with Gasteiger partial charge in [-0.25, -0.2) is 4.39 Å². The predicted octanol–water partition coefficient (Wildman–Crippen LogP) is 1.83. The molecule has 0 bridgehead atoms. The zero-order valence-corrected chi connectivity index (χ0v) is 13.2. The molecule has 0 aliphatic carbocycles. The lowest BCUT2D eigenvalue weighted by Gasteiger charge is -2.32. The summed E-state index contributed by atoms with van der Waals surface area (Å²) in [6.07, 6.45) is 0.283. The SMILES string of the molecule is CN1CCN(Cc2ccc(NC(=O)CCS)c(F)c2)CC1. The third-order valence-corrected chi connectivity index (χ3v) is 3.87. The van der Waals surface area contributed by atoms with Crippen molar-refractivity contribution < 1.29 is 9.18 Å². The fraction of sp³-hybridized carbons (Fsp3) is 0.533. The summed E-state index contributed by atoms with van der Waals surface area (Å²) in [7, 11) is 2.11. The molecule has 4 nitrogen and oxygen atoms in total. The Labute approximate surface area is 130 Å². The van der Waals surface area contributed by atoms with Crippen LogP contribution in [-0.2, 0) is 11.3 Å². The molecule has 1 aromatic carbocycles. The Bertz CT molecular complexity index is 490. The molecule has 0 saturated carbocycles. The van der Waals surface area contributed by atoms with Crippen molar-refractivity contribution in [1.29, 1.82) is 0 Å². The van der Waals surface area contributed by atoms with Gasteiger partial charge in [-0.15, -0.1) is 0 Å². The highest BCUT2D eigenvalue weighted by atomic mass is 32.1. The van der Waals surface area contributed by atoms with E-state index in [1.54, 1.807) is 6.07 Å². The van der Waals surface area contributed by atoms with Crippen LogP contribution in [0.1, 0.15) is 12.0 Å². The van der Waals surface area contributed by atoms with E-state index in [9.17, 15) is 9.18 Å². The number of hydrogen-bond acceptors (Lipinski definition) is 4. The van der Waals surface area contributed by atoms with Crippen molar-refractivity contribution in [3.8, 4) is 0 Å². The monoisotopic (exact) mass is 311 g/mol. The Morgan fingerprint density at radius 2 is 2.05 bits per heavy atom. The maximum atomic E-state index is 14.0. The molecule has 2 rings (SSSR count). The molecule has 1 saturated heterocycles. The molecule has 1 heterocycles. The lowest BCUT2D eigenvalue weighted by molar-refractivity contribution is -0.115. The Morgan fingerprint density at radius 1 is 1.33 bits per heavy atom. The largest absolute Gasteiger partial charge is 0.324 e. The number of nitrogens with zero attached hydrogens (tertiary/aromatic N) is 2. The number of piperazine rings is 1. The van der Waals surface area contributed by atoms with E-state index in [1.807, 2.05) is 6.07 Å². The van der Waals surface area contributed by atoms with Crippen molar-refractivity contribution >= 4 is 24.2 Å². The summed E-state index contributed by atoms with van der Waals surface area (Å²) in [5, 5.41) is 2.56. The molecule has 116 valence electrons. The number of carbonyl (C=O) groups is 1. The molecule has 1 aromatic rings. The van der Waals surface area contributed by atoms with E-state index in [2.05, 4.69) is 34.8 Å². The second kappa shape index (κ2) is 7.77. The van der Waals surface area contributed by atoms with E-state index >= 15 is 0 Å². The smallest absolute Gasteiger partial charge is 0.225 e. The van der Waals surface area contributed by atoms with Crippen LogP contribution >= 0.6 is 12.6 Å². The molecule has 1 fully saturated rings. The average molecular weight is 311 g/mol. The van der Waals surface area contributed by atoms with Gasteiger partial charge in [-0.3, -0.25) is 9.69 Å². The summed E-state index contributed by atoms with van der Waals surface area (Å²) in [6.45, 7) is 4.83. The summed E-state index contributed by atoms with van der Waals surface area (Å²) in [5.74, 6) is -0.139. The van der Waals surface area contributed by atoms with Gasteiger partial charge in [0.1, 0.15) is 5.82 Å². The number of rotatable bonds is 5. The normalized spacial score (nSPS) is 16.9. The Balaban J connectivity index is 1.93. The first-order chi connectivity index (χ1) is 10.1. The number of halogens is 1. The molecule has 6 heteroatoms. The zero-order valence-electron chi connectivity index (χ0n) is 12.3. The third-order valence-electron chi connectivity index (χ3n) is 3.65. The molecule has 0 spiro atoms.